The number of aryl methyl sites for hydroxylation is 2. The molecule has 28 heavy (non-hydrogen) atoms. The zero-order valence-corrected chi connectivity index (χ0v) is 16.0. The maximum atomic E-state index is 11.6. The predicted molar refractivity (Wildman–Crippen MR) is 103 cm³/mol. The second-order valence-electron chi connectivity index (χ2n) is 6.28. The van der Waals surface area contributed by atoms with E-state index in [1.54, 1.807) is 0 Å². The molecule has 8 nitrogen and oxygen atoms in total. The van der Waals surface area contributed by atoms with E-state index in [2.05, 4.69) is 15.0 Å². The smallest absolute Gasteiger partial charge is 0.341 e. The Morgan fingerprint density at radius 2 is 2.11 bits per heavy atom. The van der Waals surface area contributed by atoms with Gasteiger partial charge in [0.05, 0.1) is 25.6 Å². The lowest BCUT2D eigenvalue weighted by molar-refractivity contribution is 0.0587. The number of methoxy groups -OCH3 is 1. The highest BCUT2D eigenvalue weighted by molar-refractivity contribution is 5.97. The minimum Gasteiger partial charge on any atom is -0.465 e. The number of ether oxygens (including phenoxy) is 1. The van der Waals surface area contributed by atoms with E-state index in [0.717, 1.165) is 22.5 Å². The number of furan rings is 1. The van der Waals surface area contributed by atoms with Crippen LogP contribution in [-0.2, 0) is 22.7 Å². The normalized spacial score (nSPS) is 11.5. The van der Waals surface area contributed by atoms with Crippen LogP contribution in [0.15, 0.2) is 52.2 Å². The van der Waals surface area contributed by atoms with Gasteiger partial charge in [-0.15, -0.1) is 0 Å². The molecule has 0 amide bonds. The van der Waals surface area contributed by atoms with Gasteiger partial charge < -0.3 is 19.7 Å². The Morgan fingerprint density at radius 1 is 1.29 bits per heavy atom. The lowest BCUT2D eigenvalue weighted by atomic mass is 10.1. The first kappa shape index (κ1) is 19.2. The summed E-state index contributed by atoms with van der Waals surface area (Å²) in [5.41, 5.74) is 10.2. The summed E-state index contributed by atoms with van der Waals surface area (Å²) >= 11 is 0. The Kier molecular flexibility index (Phi) is 5.78. The molecule has 0 saturated heterocycles. The number of esters is 1. The molecule has 0 unspecified atom stereocenters. The molecule has 0 bridgehead atoms. The Labute approximate surface area is 162 Å². The first-order valence-electron chi connectivity index (χ1n) is 8.68. The highest BCUT2D eigenvalue weighted by Crippen LogP contribution is 2.14. The fourth-order valence-corrected chi connectivity index (χ4v) is 2.79. The standard InChI is InChI=1S/C20H22N4O4/c1-13-9-14(2)24(22-13)11-15-5-4-6-16(10-15)19(21)23-28-12-18-17(7-8-27-18)20(25)26-3/h4-10H,11-12H2,1-3H3,(H2,21,23). The van der Waals surface area contributed by atoms with E-state index in [4.69, 9.17) is 15.0 Å². The summed E-state index contributed by atoms with van der Waals surface area (Å²) in [4.78, 5) is 16.9. The first-order valence-corrected chi connectivity index (χ1v) is 8.68. The topological polar surface area (TPSA) is 105 Å². The molecule has 2 aromatic heterocycles. The van der Waals surface area contributed by atoms with Crippen molar-refractivity contribution >= 4 is 11.8 Å². The van der Waals surface area contributed by atoms with E-state index >= 15 is 0 Å². The lowest BCUT2D eigenvalue weighted by Gasteiger charge is -2.07. The Hall–Kier alpha value is -3.55. The van der Waals surface area contributed by atoms with E-state index in [0.29, 0.717) is 17.9 Å². The zero-order valence-electron chi connectivity index (χ0n) is 16.0. The molecule has 3 rings (SSSR count). The number of carbonyl (C=O) groups excluding carboxylic acids is 1. The van der Waals surface area contributed by atoms with Crippen LogP contribution in [0.3, 0.4) is 0 Å². The van der Waals surface area contributed by atoms with Gasteiger partial charge in [-0.1, -0.05) is 23.4 Å². The minimum atomic E-state index is -0.499. The van der Waals surface area contributed by atoms with Crippen molar-refractivity contribution < 1.29 is 18.8 Å². The van der Waals surface area contributed by atoms with E-state index in [9.17, 15) is 4.79 Å². The molecule has 1 aromatic carbocycles. The van der Waals surface area contributed by atoms with Crippen molar-refractivity contribution in [3.8, 4) is 0 Å². The summed E-state index contributed by atoms with van der Waals surface area (Å²) in [6.07, 6.45) is 1.39. The van der Waals surface area contributed by atoms with Crippen molar-refractivity contribution in [2.75, 3.05) is 7.11 Å². The van der Waals surface area contributed by atoms with Crippen LogP contribution in [0.4, 0.5) is 0 Å². The highest BCUT2D eigenvalue weighted by atomic mass is 16.6. The molecule has 0 atom stereocenters. The lowest BCUT2D eigenvalue weighted by Crippen LogP contribution is -2.15. The van der Waals surface area contributed by atoms with Gasteiger partial charge in [-0.25, -0.2) is 4.79 Å². The van der Waals surface area contributed by atoms with Gasteiger partial charge in [-0.3, -0.25) is 4.68 Å². The summed E-state index contributed by atoms with van der Waals surface area (Å²) in [5.74, 6) is 0.0456. The summed E-state index contributed by atoms with van der Waals surface area (Å²) in [6, 6.07) is 11.2. The SMILES string of the molecule is COC(=O)c1ccoc1CON=C(N)c1cccc(Cn2nc(C)cc2C)c1. The maximum absolute atomic E-state index is 11.6. The molecule has 8 heteroatoms. The Morgan fingerprint density at radius 3 is 2.82 bits per heavy atom. The summed E-state index contributed by atoms with van der Waals surface area (Å²) < 4.78 is 11.8. The number of aromatic nitrogens is 2. The van der Waals surface area contributed by atoms with Crippen LogP contribution >= 0.6 is 0 Å². The van der Waals surface area contributed by atoms with Crippen molar-refractivity contribution in [3.05, 3.63) is 76.5 Å². The number of hydrogen-bond acceptors (Lipinski definition) is 6. The van der Waals surface area contributed by atoms with Crippen molar-refractivity contribution in [1.29, 1.82) is 0 Å². The van der Waals surface area contributed by atoms with Gasteiger partial charge >= 0.3 is 5.97 Å². The molecular formula is C20H22N4O4. The molecular weight excluding hydrogens is 360 g/mol. The number of oxime groups is 1. The van der Waals surface area contributed by atoms with Crippen LogP contribution < -0.4 is 5.73 Å². The molecule has 2 N–H and O–H groups in total. The Bertz CT molecular complexity index is 1000. The summed E-state index contributed by atoms with van der Waals surface area (Å²) in [5, 5.41) is 8.40. The second-order valence-corrected chi connectivity index (χ2v) is 6.28. The number of nitrogens with zero attached hydrogens (tertiary/aromatic N) is 3. The van der Waals surface area contributed by atoms with Crippen molar-refractivity contribution in [1.82, 2.24) is 9.78 Å². The van der Waals surface area contributed by atoms with Gasteiger partial charge in [0.15, 0.2) is 18.2 Å². The van der Waals surface area contributed by atoms with Crippen LogP contribution in [0.2, 0.25) is 0 Å². The number of nitrogens with two attached hydrogens (primary N) is 1. The van der Waals surface area contributed by atoms with Gasteiger partial charge in [0.25, 0.3) is 0 Å². The first-order chi connectivity index (χ1) is 13.5. The molecule has 3 aromatic rings. The minimum absolute atomic E-state index is 0.0381. The Balaban J connectivity index is 1.67. The van der Waals surface area contributed by atoms with E-state index in [1.165, 1.54) is 19.4 Å². The number of amidine groups is 1. The number of carbonyl (C=O) groups is 1. The van der Waals surface area contributed by atoms with Gasteiger partial charge in [-0.2, -0.15) is 5.10 Å². The number of benzene rings is 1. The van der Waals surface area contributed by atoms with Crippen LogP contribution in [0.1, 0.15) is 38.6 Å². The molecule has 0 saturated carbocycles. The average molecular weight is 382 g/mol. The zero-order chi connectivity index (χ0) is 20.1. The van der Waals surface area contributed by atoms with Gasteiger partial charge in [-0.05, 0) is 37.6 Å². The van der Waals surface area contributed by atoms with Gasteiger partial charge in [0.2, 0.25) is 0 Å². The van der Waals surface area contributed by atoms with Gasteiger partial charge in [0, 0.05) is 11.3 Å². The second kappa shape index (κ2) is 8.43. The van der Waals surface area contributed by atoms with Crippen molar-refractivity contribution in [2.45, 2.75) is 27.0 Å². The molecule has 146 valence electrons. The van der Waals surface area contributed by atoms with Crippen LogP contribution in [0, 0.1) is 13.8 Å². The third kappa shape index (κ3) is 4.40. The highest BCUT2D eigenvalue weighted by Gasteiger charge is 2.15. The van der Waals surface area contributed by atoms with Crippen LogP contribution in [-0.4, -0.2) is 28.7 Å². The van der Waals surface area contributed by atoms with Crippen molar-refractivity contribution in [3.63, 3.8) is 0 Å². The van der Waals surface area contributed by atoms with Crippen molar-refractivity contribution in [2.24, 2.45) is 10.9 Å². The van der Waals surface area contributed by atoms with E-state index < -0.39 is 5.97 Å². The monoisotopic (exact) mass is 382 g/mol. The maximum Gasteiger partial charge on any atom is 0.341 e. The molecule has 0 aliphatic heterocycles. The average Bonchev–Trinajstić information content (AvgIpc) is 3.27. The molecule has 0 aliphatic carbocycles. The third-order valence-corrected chi connectivity index (χ3v) is 4.17. The molecule has 2 heterocycles. The fraction of sp³-hybridized carbons (Fsp3) is 0.250. The van der Waals surface area contributed by atoms with Crippen LogP contribution in [0.25, 0.3) is 0 Å². The fourth-order valence-electron chi connectivity index (χ4n) is 2.79. The molecule has 0 fully saturated rings. The summed E-state index contributed by atoms with van der Waals surface area (Å²) in [7, 11) is 1.30. The predicted octanol–water partition coefficient (Wildman–Crippen LogP) is 2.76. The number of hydrogen-bond donors (Lipinski definition) is 1. The molecule has 0 aliphatic rings. The van der Waals surface area contributed by atoms with E-state index in [-0.39, 0.29) is 12.4 Å². The third-order valence-electron chi connectivity index (χ3n) is 4.17. The molecule has 0 radical (unpaired) electrons. The summed E-state index contributed by atoms with van der Waals surface area (Å²) in [6.45, 7) is 4.58. The van der Waals surface area contributed by atoms with Gasteiger partial charge in [0.1, 0.15) is 5.56 Å². The van der Waals surface area contributed by atoms with Crippen LogP contribution in [0.5, 0.6) is 0 Å². The van der Waals surface area contributed by atoms with E-state index in [1.807, 2.05) is 48.9 Å². The number of rotatable bonds is 7. The quantitative estimate of drug-likeness (QED) is 0.292. The molecule has 0 spiro atoms. The largest absolute Gasteiger partial charge is 0.465 e.